The van der Waals surface area contributed by atoms with Crippen molar-refractivity contribution in [3.63, 3.8) is 0 Å². The quantitative estimate of drug-likeness (QED) is 0.593. The van der Waals surface area contributed by atoms with Crippen LogP contribution in [0.5, 0.6) is 0 Å². The van der Waals surface area contributed by atoms with Crippen LogP contribution in [0.25, 0.3) is 0 Å². The largest absolute Gasteiger partial charge is 0.383 e. The molecule has 2 N–H and O–H groups in total. The lowest BCUT2D eigenvalue weighted by Crippen LogP contribution is -2.29. The Bertz CT molecular complexity index is 944. The molecule has 166 valence electrons. The van der Waals surface area contributed by atoms with Gasteiger partial charge in [-0.1, -0.05) is 43.3 Å². The summed E-state index contributed by atoms with van der Waals surface area (Å²) in [6, 6.07) is 9.21. The normalized spacial score (nSPS) is 25.3. The van der Waals surface area contributed by atoms with E-state index in [0.29, 0.717) is 5.92 Å². The first-order chi connectivity index (χ1) is 14.8. The van der Waals surface area contributed by atoms with E-state index in [1.807, 2.05) is 7.05 Å². The number of nitrogens with zero attached hydrogens (tertiary/aromatic N) is 2. The van der Waals surface area contributed by atoms with Crippen molar-refractivity contribution in [3.05, 3.63) is 70.1 Å². The molecule has 1 saturated heterocycles. The van der Waals surface area contributed by atoms with Gasteiger partial charge >= 0.3 is 0 Å². The third-order valence-corrected chi connectivity index (χ3v) is 7.23. The highest BCUT2D eigenvalue weighted by molar-refractivity contribution is 6.10. The molecule has 4 nitrogen and oxygen atoms in total. The summed E-state index contributed by atoms with van der Waals surface area (Å²) >= 11 is 0. The van der Waals surface area contributed by atoms with Crippen molar-refractivity contribution in [1.82, 2.24) is 15.6 Å². The summed E-state index contributed by atoms with van der Waals surface area (Å²) in [5, 5.41) is 8.41. The Labute approximate surface area is 188 Å². The van der Waals surface area contributed by atoms with E-state index in [-0.39, 0.29) is 5.54 Å². The smallest absolute Gasteiger partial charge is 0.0739 e. The molecule has 31 heavy (non-hydrogen) atoms. The first kappa shape index (κ1) is 21.7. The Kier molecular flexibility index (Phi) is 6.00. The Morgan fingerprint density at radius 1 is 1.26 bits per heavy atom. The second-order valence-corrected chi connectivity index (χ2v) is 9.77. The minimum absolute atomic E-state index is 0.244. The van der Waals surface area contributed by atoms with Gasteiger partial charge < -0.3 is 15.6 Å². The Morgan fingerprint density at radius 2 is 1.97 bits per heavy atom. The van der Waals surface area contributed by atoms with Crippen LogP contribution in [-0.4, -0.2) is 36.3 Å². The molecule has 0 aromatic heterocycles. The molecule has 1 heterocycles. The Morgan fingerprint density at radius 3 is 2.58 bits per heavy atom. The van der Waals surface area contributed by atoms with Crippen molar-refractivity contribution in [3.8, 4) is 0 Å². The Balaban J connectivity index is 1.56. The fraction of sp³-hybridized carbons (Fsp3) is 0.519. The van der Waals surface area contributed by atoms with E-state index in [4.69, 9.17) is 0 Å². The van der Waals surface area contributed by atoms with E-state index in [9.17, 15) is 0 Å². The molecule has 2 fully saturated rings. The van der Waals surface area contributed by atoms with Crippen LogP contribution < -0.4 is 10.7 Å². The number of likely N-dealkylation sites (tertiary alicyclic amines) is 1. The van der Waals surface area contributed by atoms with Crippen molar-refractivity contribution in [2.24, 2.45) is 5.10 Å². The van der Waals surface area contributed by atoms with Crippen LogP contribution in [0.1, 0.15) is 70.4 Å². The van der Waals surface area contributed by atoms with Crippen LogP contribution in [0.3, 0.4) is 0 Å². The fourth-order valence-corrected chi connectivity index (χ4v) is 5.10. The molecule has 1 saturated carbocycles. The SMILES string of the molecule is C=C(C1=C(C)CC(=NNC)/C1=C(\C)NC1(C)CC1)N1CCC(c2ccc(CC)cc2)C1. The second-order valence-electron chi connectivity index (χ2n) is 9.77. The van der Waals surface area contributed by atoms with E-state index >= 15 is 0 Å². The minimum atomic E-state index is 0.244. The van der Waals surface area contributed by atoms with Gasteiger partial charge in [0.25, 0.3) is 0 Å². The van der Waals surface area contributed by atoms with E-state index in [1.54, 1.807) is 0 Å². The van der Waals surface area contributed by atoms with Gasteiger partial charge in [0.15, 0.2) is 0 Å². The molecule has 1 unspecified atom stereocenters. The average Bonchev–Trinajstić information content (AvgIpc) is 3.16. The molecule has 1 aromatic carbocycles. The lowest BCUT2D eigenvalue weighted by atomic mass is 9.97. The number of hydrogen-bond acceptors (Lipinski definition) is 4. The van der Waals surface area contributed by atoms with Crippen molar-refractivity contribution in [1.29, 1.82) is 0 Å². The molecule has 1 aliphatic heterocycles. The zero-order valence-corrected chi connectivity index (χ0v) is 19.9. The van der Waals surface area contributed by atoms with E-state index in [2.05, 4.69) is 79.3 Å². The number of benzene rings is 1. The van der Waals surface area contributed by atoms with Gasteiger partial charge in [-0.3, -0.25) is 0 Å². The highest BCUT2D eigenvalue weighted by Gasteiger charge is 2.39. The monoisotopic (exact) mass is 418 g/mol. The first-order valence-corrected chi connectivity index (χ1v) is 11.8. The molecule has 4 rings (SSSR count). The molecule has 4 heteroatoms. The van der Waals surface area contributed by atoms with Gasteiger partial charge in [0, 0.05) is 60.6 Å². The number of aryl methyl sites for hydroxylation is 1. The van der Waals surface area contributed by atoms with Gasteiger partial charge in [-0.25, -0.2) is 0 Å². The van der Waals surface area contributed by atoms with Crippen LogP contribution >= 0.6 is 0 Å². The van der Waals surface area contributed by atoms with Gasteiger partial charge in [-0.2, -0.15) is 5.10 Å². The van der Waals surface area contributed by atoms with Crippen molar-refractivity contribution >= 4 is 5.71 Å². The molecule has 3 aliphatic rings. The highest BCUT2D eigenvalue weighted by atomic mass is 15.3. The number of hydrogen-bond donors (Lipinski definition) is 2. The molecule has 0 spiro atoms. The molecular weight excluding hydrogens is 380 g/mol. The summed E-state index contributed by atoms with van der Waals surface area (Å²) in [7, 11) is 1.88. The van der Waals surface area contributed by atoms with Gasteiger partial charge in [0.1, 0.15) is 0 Å². The summed E-state index contributed by atoms with van der Waals surface area (Å²) < 4.78 is 0. The molecule has 1 atom stereocenters. The van der Waals surface area contributed by atoms with Crippen LogP contribution in [0, 0.1) is 0 Å². The lowest BCUT2D eigenvalue weighted by Gasteiger charge is -2.26. The van der Waals surface area contributed by atoms with Crippen molar-refractivity contribution in [2.75, 3.05) is 20.1 Å². The minimum Gasteiger partial charge on any atom is -0.383 e. The van der Waals surface area contributed by atoms with Crippen LogP contribution in [0.15, 0.2) is 64.1 Å². The fourth-order valence-electron chi connectivity index (χ4n) is 5.10. The van der Waals surface area contributed by atoms with Crippen molar-refractivity contribution < 1.29 is 0 Å². The maximum Gasteiger partial charge on any atom is 0.0739 e. The van der Waals surface area contributed by atoms with Crippen LogP contribution in [-0.2, 0) is 6.42 Å². The topological polar surface area (TPSA) is 39.7 Å². The summed E-state index contributed by atoms with van der Waals surface area (Å²) in [5.74, 6) is 0.576. The zero-order valence-electron chi connectivity index (χ0n) is 19.9. The predicted octanol–water partition coefficient (Wildman–Crippen LogP) is 5.26. The van der Waals surface area contributed by atoms with Crippen LogP contribution in [0.2, 0.25) is 0 Å². The van der Waals surface area contributed by atoms with Gasteiger partial charge in [-0.05, 0) is 57.6 Å². The van der Waals surface area contributed by atoms with Gasteiger partial charge in [-0.15, -0.1) is 0 Å². The van der Waals surface area contributed by atoms with E-state index in [0.717, 1.165) is 37.3 Å². The Hall–Kier alpha value is -2.49. The molecule has 0 radical (unpaired) electrons. The van der Waals surface area contributed by atoms with Crippen molar-refractivity contribution in [2.45, 2.75) is 71.3 Å². The summed E-state index contributed by atoms with van der Waals surface area (Å²) in [6.07, 6.45) is 5.64. The zero-order chi connectivity index (χ0) is 22.2. The van der Waals surface area contributed by atoms with E-state index < -0.39 is 0 Å². The molecule has 2 aliphatic carbocycles. The third-order valence-electron chi connectivity index (χ3n) is 7.23. The maximum atomic E-state index is 4.63. The lowest BCUT2D eigenvalue weighted by molar-refractivity contribution is 0.430. The summed E-state index contributed by atoms with van der Waals surface area (Å²) in [5.41, 5.74) is 13.5. The van der Waals surface area contributed by atoms with Gasteiger partial charge in [0.05, 0.1) is 5.71 Å². The average molecular weight is 419 g/mol. The van der Waals surface area contributed by atoms with Gasteiger partial charge in [0.2, 0.25) is 0 Å². The first-order valence-electron chi connectivity index (χ1n) is 11.8. The third kappa shape index (κ3) is 4.44. The standard InChI is InChI=1S/C27H38N4/c1-7-21-8-10-22(11-9-21)23-12-15-31(17-23)20(4)25-18(2)16-24(30-28-6)26(25)19(3)29-27(5)13-14-27/h8-11,23,28-29H,4,7,12-17H2,1-3,5-6H3/b26-19-,30-24?. The molecule has 0 bridgehead atoms. The summed E-state index contributed by atoms with van der Waals surface area (Å²) in [4.78, 5) is 2.49. The number of rotatable bonds is 7. The number of nitrogens with one attached hydrogen (secondary N) is 2. The second kappa shape index (κ2) is 8.57. The van der Waals surface area contributed by atoms with E-state index in [1.165, 1.54) is 52.8 Å². The summed E-state index contributed by atoms with van der Waals surface area (Å²) in [6.45, 7) is 15.7. The maximum absolute atomic E-state index is 4.63. The molecule has 1 aromatic rings. The molecular formula is C27H38N4. The predicted molar refractivity (Wildman–Crippen MR) is 131 cm³/mol. The number of allylic oxidation sites excluding steroid dienone is 3. The van der Waals surface area contributed by atoms with Crippen LogP contribution in [0.4, 0.5) is 0 Å². The highest BCUT2D eigenvalue weighted by Crippen LogP contribution is 2.41. The molecule has 0 amide bonds. The number of hydrazone groups is 1.